The Bertz CT molecular complexity index is 850. The minimum atomic E-state index is -0.560. The molecule has 3 unspecified atom stereocenters. The first-order valence-corrected chi connectivity index (χ1v) is 10.8. The highest BCUT2D eigenvalue weighted by Gasteiger charge is 2.40. The van der Waals surface area contributed by atoms with Crippen molar-refractivity contribution in [3.05, 3.63) is 34.9 Å². The zero-order valence-corrected chi connectivity index (χ0v) is 16.6. The number of carbonyl (C=O) groups excluding carboxylic acids is 3. The van der Waals surface area contributed by atoms with Gasteiger partial charge in [-0.15, -0.1) is 0 Å². The van der Waals surface area contributed by atoms with E-state index in [1.807, 2.05) is 12.1 Å². The Kier molecular flexibility index (Phi) is 4.87. The third-order valence-corrected chi connectivity index (χ3v) is 6.99. The third kappa shape index (κ3) is 3.57. The maximum atomic E-state index is 12.9. The number of hydrogen-bond acceptors (Lipinski definition) is 5. The topological polar surface area (TPSA) is 90.5 Å². The van der Waals surface area contributed by atoms with E-state index < -0.39 is 6.04 Å². The van der Waals surface area contributed by atoms with Crippen molar-refractivity contribution in [2.24, 2.45) is 11.8 Å². The summed E-state index contributed by atoms with van der Waals surface area (Å²) in [6, 6.07) is 5.81. The number of nitrogens with one attached hydrogen (secondary N) is 3. The van der Waals surface area contributed by atoms with Crippen molar-refractivity contribution in [2.45, 2.75) is 57.3 Å². The van der Waals surface area contributed by atoms with Crippen LogP contribution in [0.1, 0.15) is 53.6 Å². The van der Waals surface area contributed by atoms with Crippen LogP contribution in [0.4, 0.5) is 0 Å². The molecule has 3 aliphatic heterocycles. The Labute approximate surface area is 170 Å². The molecule has 3 N–H and O–H groups in total. The molecule has 3 amide bonds. The highest BCUT2D eigenvalue weighted by atomic mass is 16.2. The molecule has 3 fully saturated rings. The van der Waals surface area contributed by atoms with Crippen LogP contribution in [0.15, 0.2) is 18.2 Å². The number of amides is 3. The highest BCUT2D eigenvalue weighted by Crippen LogP contribution is 2.41. The van der Waals surface area contributed by atoms with Gasteiger partial charge in [0.2, 0.25) is 11.8 Å². The van der Waals surface area contributed by atoms with E-state index in [4.69, 9.17) is 0 Å². The van der Waals surface area contributed by atoms with Crippen LogP contribution in [-0.2, 0) is 22.7 Å². The molecule has 0 radical (unpaired) electrons. The molecule has 7 heteroatoms. The van der Waals surface area contributed by atoms with E-state index in [1.54, 1.807) is 4.90 Å². The van der Waals surface area contributed by atoms with Gasteiger partial charge < -0.3 is 15.5 Å². The summed E-state index contributed by atoms with van der Waals surface area (Å²) >= 11 is 0. The second-order valence-electron chi connectivity index (χ2n) is 8.82. The van der Waals surface area contributed by atoms with E-state index >= 15 is 0 Å². The van der Waals surface area contributed by atoms with Crippen LogP contribution >= 0.6 is 0 Å². The summed E-state index contributed by atoms with van der Waals surface area (Å²) < 4.78 is 0. The fourth-order valence-corrected chi connectivity index (χ4v) is 5.28. The van der Waals surface area contributed by atoms with Gasteiger partial charge in [-0.3, -0.25) is 19.7 Å². The molecule has 5 rings (SSSR count). The molecule has 1 aromatic carbocycles. The zero-order chi connectivity index (χ0) is 20.0. The molecule has 3 heterocycles. The van der Waals surface area contributed by atoms with Crippen molar-refractivity contribution >= 4 is 17.7 Å². The summed E-state index contributed by atoms with van der Waals surface area (Å²) in [4.78, 5) is 38.2. The van der Waals surface area contributed by atoms with E-state index in [2.05, 4.69) is 22.0 Å². The fourth-order valence-electron chi connectivity index (χ4n) is 5.28. The Morgan fingerprint density at radius 2 is 1.97 bits per heavy atom. The van der Waals surface area contributed by atoms with Crippen LogP contribution in [0.5, 0.6) is 0 Å². The first-order valence-electron chi connectivity index (χ1n) is 10.8. The van der Waals surface area contributed by atoms with E-state index in [-0.39, 0.29) is 24.1 Å². The smallest absolute Gasteiger partial charge is 0.255 e. The van der Waals surface area contributed by atoms with Gasteiger partial charge in [-0.2, -0.15) is 0 Å². The summed E-state index contributed by atoms with van der Waals surface area (Å²) in [6.07, 6.45) is 4.73. The minimum Gasteiger partial charge on any atom is -0.322 e. The molecule has 0 aromatic heterocycles. The third-order valence-electron chi connectivity index (χ3n) is 6.99. The van der Waals surface area contributed by atoms with Gasteiger partial charge in [0.05, 0.1) is 0 Å². The quantitative estimate of drug-likeness (QED) is 0.623. The van der Waals surface area contributed by atoms with E-state index in [0.717, 1.165) is 42.6 Å². The molecule has 29 heavy (non-hydrogen) atoms. The minimum absolute atomic E-state index is 0.109. The lowest BCUT2D eigenvalue weighted by atomic mass is 9.95. The highest BCUT2D eigenvalue weighted by molar-refractivity contribution is 6.05. The van der Waals surface area contributed by atoms with Crippen molar-refractivity contribution in [1.29, 1.82) is 0 Å². The first-order chi connectivity index (χ1) is 14.1. The predicted octanol–water partition coefficient (Wildman–Crippen LogP) is 0.925. The van der Waals surface area contributed by atoms with Crippen molar-refractivity contribution in [2.75, 3.05) is 13.1 Å². The average Bonchev–Trinajstić information content (AvgIpc) is 3.35. The maximum absolute atomic E-state index is 12.9. The fraction of sp³-hybridized carbons (Fsp3) is 0.591. The largest absolute Gasteiger partial charge is 0.322 e. The molecule has 1 saturated carbocycles. The molecule has 154 valence electrons. The number of benzene rings is 1. The Balaban J connectivity index is 1.24. The standard InChI is InChI=1S/C22H28N4O3/c27-20-7-6-19(21(28)25-20)26-12-17-14(2-1-3-16(17)22(26)29)10-23-11-18-15(8-9-24-18)13-4-5-13/h1-3,13,15,18-19,23-24H,4-12H2,(H,25,27,28). The van der Waals surface area contributed by atoms with Gasteiger partial charge in [-0.25, -0.2) is 0 Å². The molecule has 4 aliphatic rings. The summed E-state index contributed by atoms with van der Waals surface area (Å²) in [5.74, 6) is 0.986. The van der Waals surface area contributed by atoms with E-state index in [9.17, 15) is 14.4 Å². The predicted molar refractivity (Wildman–Crippen MR) is 107 cm³/mol. The van der Waals surface area contributed by atoms with Crippen molar-refractivity contribution in [1.82, 2.24) is 20.9 Å². The van der Waals surface area contributed by atoms with Crippen LogP contribution in [-0.4, -0.2) is 47.8 Å². The molecule has 7 nitrogen and oxygen atoms in total. The molecular weight excluding hydrogens is 368 g/mol. The van der Waals surface area contributed by atoms with Gasteiger partial charge in [0.25, 0.3) is 5.91 Å². The normalized spacial score (nSPS) is 29.3. The summed E-state index contributed by atoms with van der Waals surface area (Å²) in [5, 5.41) is 9.59. The monoisotopic (exact) mass is 396 g/mol. The Morgan fingerprint density at radius 3 is 2.76 bits per heavy atom. The van der Waals surface area contributed by atoms with Crippen molar-refractivity contribution in [3.8, 4) is 0 Å². The van der Waals surface area contributed by atoms with Crippen LogP contribution in [0.3, 0.4) is 0 Å². The van der Waals surface area contributed by atoms with Crippen molar-refractivity contribution in [3.63, 3.8) is 0 Å². The lowest BCUT2D eigenvalue weighted by Crippen LogP contribution is -2.52. The molecule has 0 bridgehead atoms. The van der Waals surface area contributed by atoms with Gasteiger partial charge in [0, 0.05) is 37.7 Å². The summed E-state index contributed by atoms with van der Waals surface area (Å²) in [7, 11) is 0. The lowest BCUT2D eigenvalue weighted by molar-refractivity contribution is -0.136. The summed E-state index contributed by atoms with van der Waals surface area (Å²) in [6.45, 7) is 3.21. The molecular formula is C22H28N4O3. The van der Waals surface area contributed by atoms with Gasteiger partial charge in [0.15, 0.2) is 0 Å². The number of hydrogen-bond donors (Lipinski definition) is 3. The molecule has 1 aromatic rings. The van der Waals surface area contributed by atoms with Crippen LogP contribution in [0.25, 0.3) is 0 Å². The van der Waals surface area contributed by atoms with Gasteiger partial charge >= 0.3 is 0 Å². The number of fused-ring (bicyclic) bond motifs is 1. The summed E-state index contributed by atoms with van der Waals surface area (Å²) in [5.41, 5.74) is 2.81. The second kappa shape index (κ2) is 7.54. The number of piperidine rings is 1. The first kappa shape index (κ1) is 18.8. The number of nitrogens with zero attached hydrogens (tertiary/aromatic N) is 1. The van der Waals surface area contributed by atoms with Crippen LogP contribution in [0.2, 0.25) is 0 Å². The van der Waals surface area contributed by atoms with Crippen LogP contribution < -0.4 is 16.0 Å². The molecule has 2 saturated heterocycles. The number of imide groups is 1. The van der Waals surface area contributed by atoms with Gasteiger partial charge in [0.1, 0.15) is 6.04 Å². The van der Waals surface area contributed by atoms with E-state index in [1.165, 1.54) is 19.3 Å². The molecule has 3 atom stereocenters. The number of rotatable bonds is 6. The maximum Gasteiger partial charge on any atom is 0.255 e. The number of carbonyl (C=O) groups is 3. The van der Waals surface area contributed by atoms with Crippen molar-refractivity contribution < 1.29 is 14.4 Å². The Hall–Kier alpha value is -2.25. The second-order valence-corrected chi connectivity index (χ2v) is 8.82. The van der Waals surface area contributed by atoms with Crippen LogP contribution in [0, 0.1) is 11.8 Å². The molecule has 1 aliphatic carbocycles. The Morgan fingerprint density at radius 1 is 1.10 bits per heavy atom. The van der Waals surface area contributed by atoms with Gasteiger partial charge in [-0.05, 0) is 61.3 Å². The average molecular weight is 396 g/mol. The van der Waals surface area contributed by atoms with E-state index in [0.29, 0.717) is 24.6 Å². The SMILES string of the molecule is O=C1CCC(N2Cc3c(CNCC4NCCC4C4CC4)cccc3C2=O)C(=O)N1. The van der Waals surface area contributed by atoms with Gasteiger partial charge in [-0.1, -0.05) is 12.1 Å². The molecule has 0 spiro atoms. The zero-order valence-electron chi connectivity index (χ0n) is 16.6. The lowest BCUT2D eigenvalue weighted by Gasteiger charge is -2.29.